The Morgan fingerprint density at radius 3 is 1.90 bits per heavy atom. The summed E-state index contributed by atoms with van der Waals surface area (Å²) in [6, 6.07) is 0. The van der Waals surface area contributed by atoms with E-state index < -0.39 is 0 Å². The molecule has 1 N–H and O–H groups in total. The molecule has 0 aliphatic rings. The molecule has 0 amide bonds. The number of nitrogens with zero attached hydrogens (tertiary/aromatic N) is 1. The Morgan fingerprint density at radius 2 is 1.80 bits per heavy atom. The third-order valence-electron chi connectivity index (χ3n) is 1.99. The van der Waals surface area contributed by atoms with Crippen LogP contribution in [0.5, 0.6) is 0 Å². The van der Waals surface area contributed by atoms with Crippen molar-refractivity contribution in [2.45, 2.75) is 26.9 Å². The number of hydrogen-bond donors (Lipinski definition) is 1. The summed E-state index contributed by atoms with van der Waals surface area (Å²) >= 11 is 0. The van der Waals surface area contributed by atoms with Crippen molar-refractivity contribution >= 4 is 0 Å². The smallest absolute Gasteiger partial charge is 0.129 e. The van der Waals surface area contributed by atoms with Crippen LogP contribution in [0.4, 0.5) is 0 Å². The molecule has 0 aliphatic heterocycles. The predicted molar refractivity (Wildman–Crippen MR) is 43.2 cm³/mol. The largest absolute Gasteiger partial charge is 0.388 e. The molecule has 0 aromatic heterocycles. The van der Waals surface area contributed by atoms with Crippen LogP contribution in [0.2, 0.25) is 0 Å². The van der Waals surface area contributed by atoms with Gasteiger partial charge in [0.2, 0.25) is 0 Å². The molecule has 0 aromatic rings. The molecule has 0 aromatic carbocycles. The molecule has 2 heteroatoms. The molecule has 1 unspecified atom stereocenters. The molecule has 0 aliphatic carbocycles. The normalized spacial score (nSPS) is 15.3. The summed E-state index contributed by atoms with van der Waals surface area (Å²) in [4.78, 5) is 0. The minimum atomic E-state index is -0.239. The lowest BCUT2D eigenvalue weighted by molar-refractivity contribution is -0.885. The second kappa shape index (κ2) is 3.94. The average Bonchev–Trinajstić information content (AvgIpc) is 1.87. The third-order valence-corrected chi connectivity index (χ3v) is 1.99. The standard InChI is InChI=1S/C8H19NO/c1-5-9(4,6-2)7-8(3)10/h8,10H,4-7H2,1-3H3/q+1. The summed E-state index contributed by atoms with van der Waals surface area (Å²) in [6.45, 7) is 8.73. The van der Waals surface area contributed by atoms with E-state index in [0.29, 0.717) is 0 Å². The Hall–Kier alpha value is -0.0800. The fourth-order valence-corrected chi connectivity index (χ4v) is 1.04. The zero-order valence-electron chi connectivity index (χ0n) is 7.30. The summed E-state index contributed by atoms with van der Waals surface area (Å²) in [5.41, 5.74) is 0. The number of aliphatic hydroxyl groups excluding tert-OH is 1. The van der Waals surface area contributed by atoms with Gasteiger partial charge in [-0.15, -0.1) is 0 Å². The van der Waals surface area contributed by atoms with E-state index in [2.05, 4.69) is 20.9 Å². The maximum absolute atomic E-state index is 9.09. The van der Waals surface area contributed by atoms with Gasteiger partial charge in [0.25, 0.3) is 0 Å². The number of likely N-dealkylation sites (N-methyl/N-ethyl adjacent to an activating group) is 1. The van der Waals surface area contributed by atoms with Crippen molar-refractivity contribution in [1.82, 2.24) is 0 Å². The van der Waals surface area contributed by atoms with E-state index in [-0.39, 0.29) is 6.10 Å². The van der Waals surface area contributed by atoms with Gasteiger partial charge in [-0.25, -0.2) is 0 Å². The molecule has 0 saturated carbocycles. The van der Waals surface area contributed by atoms with E-state index >= 15 is 0 Å². The fourth-order valence-electron chi connectivity index (χ4n) is 1.04. The average molecular weight is 145 g/mol. The quantitative estimate of drug-likeness (QED) is 0.585. The van der Waals surface area contributed by atoms with Gasteiger partial charge in [-0.3, -0.25) is 0 Å². The minimum Gasteiger partial charge on any atom is -0.388 e. The lowest BCUT2D eigenvalue weighted by Crippen LogP contribution is -2.45. The summed E-state index contributed by atoms with van der Waals surface area (Å²) in [5, 5.41) is 9.09. The maximum Gasteiger partial charge on any atom is 0.129 e. The van der Waals surface area contributed by atoms with Crippen molar-refractivity contribution < 1.29 is 9.59 Å². The van der Waals surface area contributed by atoms with Gasteiger partial charge in [-0.1, -0.05) is 0 Å². The highest BCUT2D eigenvalue weighted by molar-refractivity contribution is 4.45. The first-order valence-corrected chi connectivity index (χ1v) is 3.92. The van der Waals surface area contributed by atoms with E-state index in [0.717, 1.165) is 24.1 Å². The maximum atomic E-state index is 9.09. The lowest BCUT2D eigenvalue weighted by Gasteiger charge is -2.32. The van der Waals surface area contributed by atoms with Crippen molar-refractivity contribution in [3.63, 3.8) is 0 Å². The van der Waals surface area contributed by atoms with Gasteiger partial charge in [0.15, 0.2) is 0 Å². The van der Waals surface area contributed by atoms with Crippen LogP contribution < -0.4 is 0 Å². The van der Waals surface area contributed by atoms with Crippen LogP contribution in [0.25, 0.3) is 0 Å². The number of aliphatic hydroxyl groups is 1. The Labute approximate surface area is 64.1 Å². The zero-order chi connectivity index (χ0) is 8.20. The van der Waals surface area contributed by atoms with E-state index in [1.165, 1.54) is 0 Å². The van der Waals surface area contributed by atoms with Crippen LogP contribution in [-0.4, -0.2) is 35.3 Å². The molecule has 61 valence electrons. The summed E-state index contributed by atoms with van der Waals surface area (Å²) in [6.07, 6.45) is -0.239. The van der Waals surface area contributed by atoms with Crippen molar-refractivity contribution in [2.24, 2.45) is 0 Å². The van der Waals surface area contributed by atoms with Gasteiger partial charge in [0.05, 0.1) is 13.1 Å². The third kappa shape index (κ3) is 3.18. The molecule has 0 saturated heterocycles. The van der Waals surface area contributed by atoms with Crippen LogP contribution in [0.15, 0.2) is 0 Å². The highest BCUT2D eigenvalue weighted by Gasteiger charge is 2.18. The first-order chi connectivity index (χ1) is 4.54. The molecule has 2 nitrogen and oxygen atoms in total. The van der Waals surface area contributed by atoms with E-state index in [4.69, 9.17) is 5.11 Å². The van der Waals surface area contributed by atoms with E-state index in [1.54, 1.807) is 0 Å². The molecule has 0 heterocycles. The Morgan fingerprint density at radius 1 is 1.40 bits per heavy atom. The summed E-state index contributed by atoms with van der Waals surface area (Å²) < 4.78 is 0.720. The first kappa shape index (κ1) is 9.92. The van der Waals surface area contributed by atoms with Crippen LogP contribution in [0.1, 0.15) is 20.8 Å². The van der Waals surface area contributed by atoms with Gasteiger partial charge in [0.1, 0.15) is 19.7 Å². The number of rotatable bonds is 4. The lowest BCUT2D eigenvalue weighted by atomic mass is 10.3. The van der Waals surface area contributed by atoms with Crippen LogP contribution in [-0.2, 0) is 0 Å². The molecule has 0 bridgehead atoms. The van der Waals surface area contributed by atoms with Crippen molar-refractivity contribution in [3.8, 4) is 0 Å². The molecule has 10 heavy (non-hydrogen) atoms. The Kier molecular flexibility index (Phi) is 3.91. The monoisotopic (exact) mass is 145 g/mol. The fraction of sp³-hybridized carbons (Fsp3) is 0.875. The molecule has 1 radical (unpaired) electrons. The zero-order valence-corrected chi connectivity index (χ0v) is 7.30. The number of hydrogen-bond acceptors (Lipinski definition) is 1. The van der Waals surface area contributed by atoms with Crippen LogP contribution >= 0.6 is 0 Å². The Bertz CT molecular complexity index is 87.3. The molecule has 1 atom stereocenters. The second-order valence-corrected chi connectivity index (χ2v) is 3.01. The van der Waals surface area contributed by atoms with E-state index in [1.807, 2.05) is 6.92 Å². The van der Waals surface area contributed by atoms with Gasteiger partial charge in [-0.2, -0.15) is 0 Å². The second-order valence-electron chi connectivity index (χ2n) is 3.01. The summed E-state index contributed by atoms with van der Waals surface area (Å²) in [7, 11) is 4.02. The number of quaternary nitrogens is 1. The predicted octanol–water partition coefficient (Wildman–Crippen LogP) is 1.02. The van der Waals surface area contributed by atoms with Crippen LogP contribution in [0.3, 0.4) is 0 Å². The van der Waals surface area contributed by atoms with Crippen molar-refractivity contribution in [2.75, 3.05) is 19.6 Å². The van der Waals surface area contributed by atoms with Crippen molar-refractivity contribution in [1.29, 1.82) is 0 Å². The SMILES string of the molecule is [CH2][N+](CC)(CC)CC(C)O. The highest BCUT2D eigenvalue weighted by atomic mass is 16.3. The first-order valence-electron chi connectivity index (χ1n) is 3.92. The molecular weight excluding hydrogens is 126 g/mol. The van der Waals surface area contributed by atoms with E-state index in [9.17, 15) is 0 Å². The highest BCUT2D eigenvalue weighted by Crippen LogP contribution is 2.04. The molecular formula is C8H19NO+. The van der Waals surface area contributed by atoms with Gasteiger partial charge in [0, 0.05) is 0 Å². The Balaban J connectivity index is 3.80. The van der Waals surface area contributed by atoms with Gasteiger partial charge >= 0.3 is 0 Å². The summed E-state index contributed by atoms with van der Waals surface area (Å²) in [5.74, 6) is 0. The molecule has 0 rings (SSSR count). The van der Waals surface area contributed by atoms with Crippen molar-refractivity contribution in [3.05, 3.63) is 7.05 Å². The molecule has 0 fully saturated rings. The molecule has 0 spiro atoms. The minimum absolute atomic E-state index is 0.239. The van der Waals surface area contributed by atoms with Crippen LogP contribution in [0, 0.1) is 7.05 Å². The van der Waals surface area contributed by atoms with Gasteiger partial charge in [-0.05, 0) is 20.8 Å². The topological polar surface area (TPSA) is 20.2 Å². The van der Waals surface area contributed by atoms with Gasteiger partial charge < -0.3 is 9.59 Å².